The largest absolute Gasteiger partial charge is 0.435 e. The summed E-state index contributed by atoms with van der Waals surface area (Å²) in [6.45, 7) is 0.665. The van der Waals surface area contributed by atoms with Crippen LogP contribution in [0.3, 0.4) is 0 Å². The summed E-state index contributed by atoms with van der Waals surface area (Å²) in [5.41, 5.74) is 6.90. The number of nitrogens with two attached hydrogens (primary N) is 1. The maximum absolute atomic E-state index is 10.9. The van der Waals surface area contributed by atoms with Gasteiger partial charge in [0, 0.05) is 25.6 Å². The van der Waals surface area contributed by atoms with E-state index in [-0.39, 0.29) is 5.91 Å². The van der Waals surface area contributed by atoms with Crippen LogP contribution in [0.2, 0.25) is 10.0 Å². The van der Waals surface area contributed by atoms with Gasteiger partial charge in [-0.15, -0.1) is 11.3 Å². The molecule has 0 unspecified atom stereocenters. The van der Waals surface area contributed by atoms with Crippen molar-refractivity contribution in [2.75, 3.05) is 18.5 Å². The Hall–Kier alpha value is -2.02. The van der Waals surface area contributed by atoms with Crippen LogP contribution in [0, 0.1) is 0 Å². The van der Waals surface area contributed by atoms with Crippen LogP contribution in [-0.2, 0) is 4.79 Å². The lowest BCUT2D eigenvalue weighted by molar-refractivity contribution is -0.118. The van der Waals surface area contributed by atoms with Gasteiger partial charge in [-0.3, -0.25) is 4.79 Å². The molecule has 26 heavy (non-hydrogen) atoms. The minimum Gasteiger partial charge on any atom is -0.435 e. The number of hydrogen-bond donors (Lipinski definition) is 1. The van der Waals surface area contributed by atoms with Gasteiger partial charge < -0.3 is 15.1 Å². The first kappa shape index (κ1) is 18.8. The van der Waals surface area contributed by atoms with Crippen LogP contribution >= 0.6 is 34.5 Å². The van der Waals surface area contributed by atoms with Crippen molar-refractivity contribution >= 4 is 46.1 Å². The fraction of sp³-hybridized carbons (Fsp3) is 0.222. The molecule has 1 aromatic carbocycles. The SMILES string of the molecule is CN(CCCC(N)=O)c1cc(-c2cnc(-c3sccc3Cl)o2)ccc1Cl. The lowest BCUT2D eigenvalue weighted by atomic mass is 10.1. The Bertz CT molecular complexity index is 923. The van der Waals surface area contributed by atoms with E-state index in [0.717, 1.165) is 16.1 Å². The monoisotopic (exact) mass is 409 g/mol. The molecule has 0 saturated carbocycles. The molecule has 1 amide bonds. The molecule has 3 aromatic rings. The van der Waals surface area contributed by atoms with E-state index < -0.39 is 0 Å². The molecule has 0 bridgehead atoms. The number of aromatic nitrogens is 1. The number of carbonyl (C=O) groups is 1. The van der Waals surface area contributed by atoms with Gasteiger partial charge in [-0.25, -0.2) is 4.98 Å². The second-order valence-corrected chi connectivity index (χ2v) is 7.52. The number of rotatable bonds is 7. The molecule has 0 aliphatic carbocycles. The Morgan fingerprint density at radius 1 is 1.31 bits per heavy atom. The Labute approximate surface area is 165 Å². The molecule has 2 aromatic heterocycles. The predicted molar refractivity (Wildman–Crippen MR) is 107 cm³/mol. The first-order valence-corrected chi connectivity index (χ1v) is 9.58. The van der Waals surface area contributed by atoms with Gasteiger partial charge in [0.15, 0.2) is 5.76 Å². The van der Waals surface area contributed by atoms with Gasteiger partial charge in [-0.1, -0.05) is 23.2 Å². The van der Waals surface area contributed by atoms with Crippen LogP contribution < -0.4 is 10.6 Å². The molecular weight excluding hydrogens is 393 g/mol. The quantitative estimate of drug-likeness (QED) is 0.590. The second-order valence-electron chi connectivity index (χ2n) is 5.78. The molecular formula is C18H17Cl2N3O2S. The van der Waals surface area contributed by atoms with Crippen LogP contribution in [0.25, 0.3) is 22.1 Å². The molecule has 0 spiro atoms. The smallest absolute Gasteiger partial charge is 0.238 e. The van der Waals surface area contributed by atoms with Crippen LogP contribution in [0.15, 0.2) is 40.3 Å². The van der Waals surface area contributed by atoms with Crippen LogP contribution in [0.5, 0.6) is 0 Å². The van der Waals surface area contributed by atoms with Crippen molar-refractivity contribution in [3.05, 3.63) is 45.9 Å². The van der Waals surface area contributed by atoms with E-state index in [0.29, 0.717) is 41.1 Å². The zero-order valence-electron chi connectivity index (χ0n) is 14.0. The lowest BCUT2D eigenvalue weighted by Gasteiger charge is -2.21. The maximum atomic E-state index is 10.9. The van der Waals surface area contributed by atoms with Crippen LogP contribution in [0.1, 0.15) is 12.8 Å². The Kier molecular flexibility index (Phi) is 5.86. The number of anilines is 1. The van der Waals surface area contributed by atoms with Crippen molar-refractivity contribution in [2.24, 2.45) is 5.73 Å². The van der Waals surface area contributed by atoms with Crippen molar-refractivity contribution in [3.63, 3.8) is 0 Å². The van der Waals surface area contributed by atoms with E-state index in [1.165, 1.54) is 11.3 Å². The molecule has 8 heteroatoms. The molecule has 0 aliphatic heterocycles. The van der Waals surface area contributed by atoms with Crippen LogP contribution in [0.4, 0.5) is 5.69 Å². The van der Waals surface area contributed by atoms with Crippen molar-refractivity contribution in [3.8, 4) is 22.1 Å². The topological polar surface area (TPSA) is 72.4 Å². The highest BCUT2D eigenvalue weighted by molar-refractivity contribution is 7.14. The Morgan fingerprint density at radius 3 is 2.81 bits per heavy atom. The summed E-state index contributed by atoms with van der Waals surface area (Å²) in [4.78, 5) is 18.0. The standard InChI is InChI=1S/C18H17Cl2N3O2S/c1-23(7-2-3-16(21)24)14-9-11(4-5-12(14)19)15-10-22-18(25-15)17-13(20)6-8-26-17/h4-6,8-10H,2-3,7H2,1H3,(H2,21,24). The zero-order valence-corrected chi connectivity index (χ0v) is 16.4. The van der Waals surface area contributed by atoms with Crippen molar-refractivity contribution in [2.45, 2.75) is 12.8 Å². The molecule has 5 nitrogen and oxygen atoms in total. The second kappa shape index (κ2) is 8.12. The molecule has 0 fully saturated rings. The number of halogens is 2. The highest BCUT2D eigenvalue weighted by atomic mass is 35.5. The number of oxazole rings is 1. The fourth-order valence-electron chi connectivity index (χ4n) is 2.53. The minimum atomic E-state index is -0.306. The summed E-state index contributed by atoms with van der Waals surface area (Å²) in [5, 5.41) is 3.13. The Balaban J connectivity index is 1.82. The number of primary amides is 1. The number of nitrogens with zero attached hydrogens (tertiary/aromatic N) is 2. The van der Waals surface area contributed by atoms with E-state index in [9.17, 15) is 4.79 Å². The first-order valence-electron chi connectivity index (χ1n) is 7.94. The molecule has 136 valence electrons. The first-order chi connectivity index (χ1) is 12.5. The molecule has 0 radical (unpaired) electrons. The molecule has 0 aliphatic rings. The van der Waals surface area contributed by atoms with Crippen LogP contribution in [-0.4, -0.2) is 24.5 Å². The number of benzene rings is 1. The third-order valence-corrected chi connectivity index (χ3v) is 5.52. The van der Waals surface area contributed by atoms with Gasteiger partial charge in [-0.05, 0) is 36.1 Å². The van der Waals surface area contributed by atoms with Gasteiger partial charge >= 0.3 is 0 Å². The molecule has 0 atom stereocenters. The van der Waals surface area contributed by atoms with Gasteiger partial charge in [0.05, 0.1) is 21.9 Å². The van der Waals surface area contributed by atoms with Crippen molar-refractivity contribution in [1.29, 1.82) is 0 Å². The average molecular weight is 410 g/mol. The Morgan fingerprint density at radius 2 is 2.12 bits per heavy atom. The third kappa shape index (κ3) is 4.20. The fourth-order valence-corrected chi connectivity index (χ4v) is 3.86. The van der Waals surface area contributed by atoms with Gasteiger partial charge in [0.25, 0.3) is 0 Å². The molecule has 2 N–H and O–H groups in total. The number of amides is 1. The summed E-state index contributed by atoms with van der Waals surface area (Å²) >= 11 is 14.0. The summed E-state index contributed by atoms with van der Waals surface area (Å²) in [5.74, 6) is 0.818. The van der Waals surface area contributed by atoms with Gasteiger partial charge in [0.2, 0.25) is 11.8 Å². The van der Waals surface area contributed by atoms with E-state index >= 15 is 0 Å². The number of thiophene rings is 1. The predicted octanol–water partition coefficient (Wildman–Crippen LogP) is 5.08. The number of carbonyl (C=O) groups excluding carboxylic acids is 1. The average Bonchev–Trinajstić information content (AvgIpc) is 3.23. The van der Waals surface area contributed by atoms with E-state index in [4.69, 9.17) is 33.4 Å². The maximum Gasteiger partial charge on any atom is 0.238 e. The van der Waals surface area contributed by atoms with E-state index in [1.807, 2.05) is 41.6 Å². The zero-order chi connectivity index (χ0) is 18.7. The van der Waals surface area contributed by atoms with Gasteiger partial charge in [0.1, 0.15) is 4.88 Å². The van der Waals surface area contributed by atoms with Crippen molar-refractivity contribution in [1.82, 2.24) is 4.98 Å². The third-order valence-electron chi connectivity index (χ3n) is 3.88. The molecule has 0 saturated heterocycles. The van der Waals surface area contributed by atoms with E-state index in [1.54, 1.807) is 6.20 Å². The van der Waals surface area contributed by atoms with Crippen molar-refractivity contribution < 1.29 is 9.21 Å². The highest BCUT2D eigenvalue weighted by Crippen LogP contribution is 2.36. The van der Waals surface area contributed by atoms with Gasteiger partial charge in [-0.2, -0.15) is 0 Å². The summed E-state index contributed by atoms with van der Waals surface area (Å²) in [7, 11) is 1.92. The summed E-state index contributed by atoms with van der Waals surface area (Å²) in [6, 6.07) is 7.44. The number of hydrogen-bond acceptors (Lipinski definition) is 5. The lowest BCUT2D eigenvalue weighted by Crippen LogP contribution is -2.21. The van der Waals surface area contributed by atoms with E-state index in [2.05, 4.69) is 4.98 Å². The molecule has 3 rings (SSSR count). The molecule has 2 heterocycles. The normalized spacial score (nSPS) is 10.9. The summed E-state index contributed by atoms with van der Waals surface area (Å²) in [6.07, 6.45) is 2.68. The minimum absolute atomic E-state index is 0.306. The summed E-state index contributed by atoms with van der Waals surface area (Å²) < 4.78 is 5.87. The highest BCUT2D eigenvalue weighted by Gasteiger charge is 2.15.